The molecule has 0 radical (unpaired) electrons. The van der Waals surface area contributed by atoms with Gasteiger partial charge >= 0.3 is 0 Å². The lowest BCUT2D eigenvalue weighted by molar-refractivity contribution is 0.354. The smallest absolute Gasteiger partial charge is 0.139 e. The zero-order valence-corrected chi connectivity index (χ0v) is 6.63. The van der Waals surface area contributed by atoms with Crippen molar-refractivity contribution in [1.29, 1.82) is 0 Å². The Morgan fingerprint density at radius 3 is 1.11 bits per heavy atom. The number of hydrogen-bond acceptors (Lipinski definition) is 3. The van der Waals surface area contributed by atoms with Gasteiger partial charge in [0.1, 0.15) is 16.9 Å². The molecule has 6 heteroatoms. The van der Waals surface area contributed by atoms with E-state index >= 15 is 0 Å². The molecule has 1 aliphatic rings. The predicted octanol–water partition coefficient (Wildman–Crippen LogP) is 0.336. The first-order chi connectivity index (χ1) is 4.18. The van der Waals surface area contributed by atoms with Crippen molar-refractivity contribution in [2.45, 2.75) is 16.9 Å². The van der Waals surface area contributed by atoms with E-state index in [1.165, 1.54) is 0 Å². The molecule has 3 N–H and O–H groups in total. The van der Waals surface area contributed by atoms with Gasteiger partial charge in [-0.1, -0.05) is 34.8 Å². The van der Waals surface area contributed by atoms with Gasteiger partial charge in [-0.25, -0.2) is 0 Å². The highest BCUT2D eigenvalue weighted by Crippen LogP contribution is 2.02. The maximum absolute atomic E-state index is 5.58. The highest BCUT2D eigenvalue weighted by molar-refractivity contribution is 6.25. The Morgan fingerprint density at radius 2 is 0.889 bits per heavy atom. The molecule has 0 unspecified atom stereocenters. The third-order valence-electron chi connectivity index (χ3n) is 0.878. The zero-order chi connectivity index (χ0) is 6.85. The first kappa shape index (κ1) is 7.85. The minimum Gasteiger partial charge on any atom is -0.261 e. The fraction of sp³-hybridized carbons (Fsp3) is 1.00. The average Bonchev–Trinajstić information content (AvgIpc) is 1.59. The monoisotopic (exact) mass is 189 g/mol. The normalized spacial score (nSPS) is 45.0. The molecule has 1 rings (SSSR count). The van der Waals surface area contributed by atoms with Crippen LogP contribution in [0.2, 0.25) is 0 Å². The average molecular weight is 190 g/mol. The van der Waals surface area contributed by atoms with Crippen molar-refractivity contribution in [2.75, 3.05) is 0 Å². The molecule has 0 saturated carbocycles. The van der Waals surface area contributed by atoms with Crippen LogP contribution in [0.4, 0.5) is 0 Å². The van der Waals surface area contributed by atoms with Gasteiger partial charge in [0.15, 0.2) is 0 Å². The number of nitrogens with one attached hydrogen (secondary N) is 3. The number of hydrogen-bond donors (Lipinski definition) is 3. The van der Waals surface area contributed by atoms with E-state index in [1.54, 1.807) is 0 Å². The van der Waals surface area contributed by atoms with Crippen LogP contribution in [0.15, 0.2) is 0 Å². The van der Waals surface area contributed by atoms with Crippen LogP contribution in [0.25, 0.3) is 0 Å². The van der Waals surface area contributed by atoms with Gasteiger partial charge in [-0.05, 0) is 0 Å². The van der Waals surface area contributed by atoms with Crippen LogP contribution in [0.5, 0.6) is 0 Å². The Kier molecular flexibility index (Phi) is 2.82. The van der Waals surface area contributed by atoms with Crippen LogP contribution in [0, 0.1) is 0 Å². The lowest BCUT2D eigenvalue weighted by Gasteiger charge is -2.29. The summed E-state index contributed by atoms with van der Waals surface area (Å²) in [6.45, 7) is 0. The van der Waals surface area contributed by atoms with Crippen LogP contribution in [0.3, 0.4) is 0 Å². The van der Waals surface area contributed by atoms with Crippen molar-refractivity contribution < 1.29 is 0 Å². The fourth-order valence-corrected chi connectivity index (χ4v) is 1.48. The SMILES string of the molecule is ClC1NC(Cl)NC(Cl)N1. The standard InChI is InChI=1S/C3H6Cl3N3/c4-1-7-2(5)9-3(6)8-1/h1-3,7-9H. The summed E-state index contributed by atoms with van der Waals surface area (Å²) in [5.41, 5.74) is -1.09. The molecule has 1 fully saturated rings. The quantitative estimate of drug-likeness (QED) is 0.381. The summed E-state index contributed by atoms with van der Waals surface area (Å²) in [5, 5.41) is 8.20. The lowest BCUT2D eigenvalue weighted by atomic mass is 10.7. The topological polar surface area (TPSA) is 36.1 Å². The lowest BCUT2D eigenvalue weighted by Crippen LogP contribution is -2.61. The molecule has 0 aliphatic carbocycles. The van der Waals surface area contributed by atoms with Gasteiger partial charge in [0.2, 0.25) is 0 Å². The van der Waals surface area contributed by atoms with Crippen LogP contribution in [-0.2, 0) is 0 Å². The number of alkyl halides is 3. The second kappa shape index (κ2) is 3.23. The first-order valence-electron chi connectivity index (χ1n) is 2.39. The first-order valence-corrected chi connectivity index (χ1v) is 3.70. The van der Waals surface area contributed by atoms with Gasteiger partial charge in [0.25, 0.3) is 0 Å². The third-order valence-corrected chi connectivity index (χ3v) is 1.63. The Morgan fingerprint density at radius 1 is 0.667 bits per heavy atom. The molecule has 0 aromatic heterocycles. The van der Waals surface area contributed by atoms with E-state index in [0.29, 0.717) is 0 Å². The molecule has 1 aliphatic heterocycles. The third kappa shape index (κ3) is 2.45. The van der Waals surface area contributed by atoms with Gasteiger partial charge in [-0.2, -0.15) is 0 Å². The molecule has 3 nitrogen and oxygen atoms in total. The predicted molar refractivity (Wildman–Crippen MR) is 38.3 cm³/mol. The molecule has 0 amide bonds. The molecular weight excluding hydrogens is 184 g/mol. The van der Waals surface area contributed by atoms with Crippen LogP contribution in [-0.4, -0.2) is 16.9 Å². The maximum Gasteiger partial charge on any atom is 0.139 e. The van der Waals surface area contributed by atoms with E-state index in [1.807, 2.05) is 0 Å². The highest BCUT2D eigenvalue weighted by Gasteiger charge is 2.21. The Balaban J connectivity index is 2.34. The van der Waals surface area contributed by atoms with Crippen molar-refractivity contribution in [3.8, 4) is 0 Å². The van der Waals surface area contributed by atoms with E-state index in [2.05, 4.69) is 16.0 Å². The van der Waals surface area contributed by atoms with Crippen molar-refractivity contribution in [2.24, 2.45) is 0 Å². The summed E-state index contributed by atoms with van der Waals surface area (Å²) < 4.78 is 0. The van der Waals surface area contributed by atoms with Gasteiger partial charge in [0.05, 0.1) is 0 Å². The zero-order valence-electron chi connectivity index (χ0n) is 4.37. The summed E-state index contributed by atoms with van der Waals surface area (Å²) in [6, 6.07) is 0. The molecule has 0 aromatic rings. The Hall–Kier alpha value is 0.750. The van der Waals surface area contributed by atoms with E-state index in [-0.39, 0.29) is 16.9 Å². The molecule has 54 valence electrons. The minimum absolute atomic E-state index is 0.365. The molecule has 9 heavy (non-hydrogen) atoms. The van der Waals surface area contributed by atoms with Gasteiger partial charge in [0, 0.05) is 0 Å². The number of halogens is 3. The van der Waals surface area contributed by atoms with Crippen LogP contribution < -0.4 is 16.0 Å². The van der Waals surface area contributed by atoms with Crippen molar-refractivity contribution in [1.82, 2.24) is 16.0 Å². The summed E-state index contributed by atoms with van der Waals surface area (Å²) in [4.78, 5) is 0. The molecule has 0 bridgehead atoms. The van der Waals surface area contributed by atoms with Crippen molar-refractivity contribution in [3.63, 3.8) is 0 Å². The molecule has 0 atom stereocenters. The molecule has 0 aromatic carbocycles. The molecule has 1 saturated heterocycles. The molecular formula is C3H6Cl3N3. The van der Waals surface area contributed by atoms with Gasteiger partial charge < -0.3 is 0 Å². The maximum atomic E-state index is 5.58. The fourth-order valence-electron chi connectivity index (χ4n) is 0.530. The van der Waals surface area contributed by atoms with E-state index in [4.69, 9.17) is 34.8 Å². The van der Waals surface area contributed by atoms with Crippen LogP contribution in [0.1, 0.15) is 0 Å². The number of rotatable bonds is 0. The largest absolute Gasteiger partial charge is 0.261 e. The highest BCUT2D eigenvalue weighted by atomic mass is 35.5. The van der Waals surface area contributed by atoms with Crippen molar-refractivity contribution >= 4 is 34.8 Å². The summed E-state index contributed by atoms with van der Waals surface area (Å²) in [7, 11) is 0. The molecule has 0 spiro atoms. The van der Waals surface area contributed by atoms with Crippen LogP contribution >= 0.6 is 34.8 Å². The molecule has 1 heterocycles. The van der Waals surface area contributed by atoms with Gasteiger partial charge in [-0.3, -0.25) is 16.0 Å². The summed E-state index contributed by atoms with van der Waals surface area (Å²) >= 11 is 16.7. The summed E-state index contributed by atoms with van der Waals surface area (Å²) in [5.74, 6) is 0. The Bertz CT molecular complexity index is 75.3. The Labute approximate surface area is 68.0 Å². The second-order valence-electron chi connectivity index (χ2n) is 1.59. The van der Waals surface area contributed by atoms with E-state index in [0.717, 1.165) is 0 Å². The van der Waals surface area contributed by atoms with Gasteiger partial charge in [-0.15, -0.1) is 0 Å². The van der Waals surface area contributed by atoms with E-state index in [9.17, 15) is 0 Å². The van der Waals surface area contributed by atoms with E-state index < -0.39 is 0 Å². The minimum atomic E-state index is -0.365. The summed E-state index contributed by atoms with van der Waals surface area (Å²) in [6.07, 6.45) is 0. The van der Waals surface area contributed by atoms with Crippen molar-refractivity contribution in [3.05, 3.63) is 0 Å². The second-order valence-corrected chi connectivity index (χ2v) is 2.90.